The number of benzene rings is 2. The highest BCUT2D eigenvalue weighted by atomic mass is 16.5. The monoisotopic (exact) mass is 387 g/mol. The molecule has 0 fully saturated rings. The molecule has 0 spiro atoms. The summed E-state index contributed by atoms with van der Waals surface area (Å²) in [4.78, 5) is 9.23. The first-order chi connectivity index (χ1) is 14.2. The summed E-state index contributed by atoms with van der Waals surface area (Å²) in [7, 11) is 3.21. The van der Waals surface area contributed by atoms with Gasteiger partial charge in [0, 0.05) is 35.9 Å². The van der Waals surface area contributed by atoms with E-state index in [1.54, 1.807) is 20.4 Å². The lowest BCUT2D eigenvalue weighted by atomic mass is 10.1. The lowest BCUT2D eigenvalue weighted by Crippen LogP contribution is -2.01. The Labute approximate surface area is 165 Å². The molecule has 2 N–H and O–H groups in total. The molecule has 9 nitrogen and oxygen atoms in total. The van der Waals surface area contributed by atoms with Crippen LogP contribution >= 0.6 is 0 Å². The molecule has 29 heavy (non-hydrogen) atoms. The molecule has 3 heterocycles. The molecule has 5 rings (SSSR count). The van der Waals surface area contributed by atoms with Crippen LogP contribution in [0.5, 0.6) is 11.5 Å². The van der Waals surface area contributed by atoms with Gasteiger partial charge in [0.25, 0.3) is 0 Å². The van der Waals surface area contributed by atoms with Crippen LogP contribution in [0.2, 0.25) is 0 Å². The maximum Gasteiger partial charge on any atom is 0.180 e. The lowest BCUT2D eigenvalue weighted by molar-refractivity contribution is 0.355. The zero-order valence-corrected chi connectivity index (χ0v) is 15.7. The van der Waals surface area contributed by atoms with Crippen molar-refractivity contribution in [3.63, 3.8) is 0 Å². The molecule has 0 bridgehead atoms. The van der Waals surface area contributed by atoms with Crippen molar-refractivity contribution in [2.45, 2.75) is 0 Å². The van der Waals surface area contributed by atoms with Crippen molar-refractivity contribution in [1.29, 1.82) is 0 Å². The highest BCUT2D eigenvalue weighted by molar-refractivity contribution is 5.81. The Morgan fingerprint density at radius 1 is 1.03 bits per heavy atom. The minimum atomic E-state index is 0.627. The van der Waals surface area contributed by atoms with Crippen LogP contribution in [0.25, 0.3) is 27.9 Å². The predicted molar refractivity (Wildman–Crippen MR) is 109 cm³/mol. The molecule has 5 aromatic rings. The van der Waals surface area contributed by atoms with Gasteiger partial charge in [-0.25, -0.2) is 9.97 Å². The fraction of sp³-hybridized carbons (Fsp3) is 0.100. The zero-order valence-electron chi connectivity index (χ0n) is 15.7. The number of H-pyrrole nitrogens is 1. The normalized spacial score (nSPS) is 11.1. The molecule has 0 aliphatic heterocycles. The number of hydrogen-bond acceptors (Lipinski definition) is 7. The van der Waals surface area contributed by atoms with Gasteiger partial charge in [-0.3, -0.25) is 5.10 Å². The largest absolute Gasteiger partial charge is 0.493 e. The van der Waals surface area contributed by atoms with Crippen LogP contribution in [0.15, 0.2) is 55.0 Å². The first kappa shape index (κ1) is 17.0. The van der Waals surface area contributed by atoms with E-state index >= 15 is 0 Å². The van der Waals surface area contributed by atoms with Gasteiger partial charge in [0.15, 0.2) is 23.0 Å². The molecule has 0 radical (unpaired) electrons. The predicted octanol–water partition coefficient (Wildman–Crippen LogP) is 3.43. The number of imidazole rings is 1. The molecule has 2 aromatic carbocycles. The van der Waals surface area contributed by atoms with Crippen molar-refractivity contribution < 1.29 is 9.47 Å². The number of nitrogens with one attached hydrogen (secondary N) is 2. The van der Waals surface area contributed by atoms with E-state index in [-0.39, 0.29) is 0 Å². The van der Waals surface area contributed by atoms with Crippen LogP contribution in [-0.4, -0.2) is 44.0 Å². The third kappa shape index (κ3) is 2.98. The van der Waals surface area contributed by atoms with Crippen LogP contribution in [0.1, 0.15) is 0 Å². The smallest absolute Gasteiger partial charge is 0.180 e. The summed E-state index contributed by atoms with van der Waals surface area (Å²) in [6.07, 6.45) is 5.56. The Morgan fingerprint density at radius 3 is 2.79 bits per heavy atom. The van der Waals surface area contributed by atoms with E-state index in [1.165, 1.54) is 0 Å². The quantitative estimate of drug-likeness (QED) is 0.476. The van der Waals surface area contributed by atoms with Crippen LogP contribution in [0.3, 0.4) is 0 Å². The zero-order chi connectivity index (χ0) is 19.8. The highest BCUT2D eigenvalue weighted by Gasteiger charge is 2.12. The third-order valence-corrected chi connectivity index (χ3v) is 4.64. The number of aromatic amines is 1. The molecule has 144 valence electrons. The van der Waals surface area contributed by atoms with Gasteiger partial charge in [0.2, 0.25) is 0 Å². The summed E-state index contributed by atoms with van der Waals surface area (Å²) in [6.45, 7) is 0. The van der Waals surface area contributed by atoms with Crippen molar-refractivity contribution in [1.82, 2.24) is 29.8 Å². The van der Waals surface area contributed by atoms with E-state index < -0.39 is 0 Å². The molecule has 0 amide bonds. The number of ether oxygens (including phenoxy) is 2. The summed E-state index contributed by atoms with van der Waals surface area (Å²) in [6, 6.07) is 11.4. The minimum absolute atomic E-state index is 0.627. The summed E-state index contributed by atoms with van der Waals surface area (Å²) in [5.74, 6) is 1.92. The summed E-state index contributed by atoms with van der Waals surface area (Å²) < 4.78 is 12.6. The van der Waals surface area contributed by atoms with E-state index in [1.807, 2.05) is 53.2 Å². The highest BCUT2D eigenvalue weighted by Crippen LogP contribution is 2.32. The van der Waals surface area contributed by atoms with Gasteiger partial charge in [-0.15, -0.1) is 5.10 Å². The number of methoxy groups -OCH3 is 2. The second-order valence-electron chi connectivity index (χ2n) is 6.37. The average molecular weight is 387 g/mol. The Hall–Kier alpha value is -4.14. The fourth-order valence-corrected chi connectivity index (χ4v) is 3.21. The Balaban J connectivity index is 1.59. The molecule has 0 saturated carbocycles. The number of fused-ring (bicyclic) bond motifs is 2. The molecular weight excluding hydrogens is 370 g/mol. The maximum atomic E-state index is 5.39. The Kier molecular flexibility index (Phi) is 3.98. The van der Waals surface area contributed by atoms with Gasteiger partial charge >= 0.3 is 0 Å². The van der Waals surface area contributed by atoms with Gasteiger partial charge < -0.3 is 19.2 Å². The van der Waals surface area contributed by atoms with Crippen molar-refractivity contribution in [3.8, 4) is 22.8 Å². The van der Waals surface area contributed by atoms with Gasteiger partial charge in [0.05, 0.1) is 25.4 Å². The van der Waals surface area contributed by atoms with Crippen molar-refractivity contribution in [3.05, 3.63) is 55.0 Å². The molecule has 3 aromatic heterocycles. The Bertz CT molecular complexity index is 1330. The average Bonchev–Trinajstić information content (AvgIpc) is 3.42. The fourth-order valence-electron chi connectivity index (χ4n) is 3.21. The summed E-state index contributed by atoms with van der Waals surface area (Å²) in [5.41, 5.74) is 4.91. The number of anilines is 2. The van der Waals surface area contributed by atoms with Crippen LogP contribution in [-0.2, 0) is 0 Å². The molecule has 0 aliphatic carbocycles. The van der Waals surface area contributed by atoms with E-state index in [0.29, 0.717) is 23.0 Å². The van der Waals surface area contributed by atoms with E-state index in [4.69, 9.17) is 14.5 Å². The molecule has 0 atom stereocenters. The second kappa shape index (κ2) is 6.79. The first-order valence-corrected chi connectivity index (χ1v) is 8.89. The topological polar surface area (TPSA) is 102 Å². The van der Waals surface area contributed by atoms with Crippen LogP contribution in [0, 0.1) is 0 Å². The number of hydrogen-bond donors (Lipinski definition) is 2. The maximum absolute atomic E-state index is 5.39. The van der Waals surface area contributed by atoms with Crippen molar-refractivity contribution in [2.24, 2.45) is 0 Å². The minimum Gasteiger partial charge on any atom is -0.493 e. The molecule has 0 saturated heterocycles. The molecule has 0 aliphatic rings. The molecule has 9 heteroatoms. The SMILES string of the molecule is COc1ccc(Nc2nc(-c3ccc4nn[nH]c4c3)cn3ccnc23)cc1OC. The van der Waals surface area contributed by atoms with Crippen molar-refractivity contribution >= 4 is 28.2 Å². The summed E-state index contributed by atoms with van der Waals surface area (Å²) >= 11 is 0. The van der Waals surface area contributed by atoms with Gasteiger partial charge in [-0.2, -0.15) is 0 Å². The Morgan fingerprint density at radius 2 is 1.93 bits per heavy atom. The molecule has 0 unspecified atom stereocenters. The van der Waals surface area contributed by atoms with Crippen molar-refractivity contribution in [2.75, 3.05) is 19.5 Å². The third-order valence-electron chi connectivity index (χ3n) is 4.64. The number of nitrogens with zero attached hydrogens (tertiary/aromatic N) is 5. The van der Waals surface area contributed by atoms with Gasteiger partial charge in [-0.1, -0.05) is 11.3 Å². The molecular formula is C20H17N7O2. The second-order valence-corrected chi connectivity index (χ2v) is 6.37. The van der Waals surface area contributed by atoms with E-state index in [2.05, 4.69) is 25.7 Å². The van der Waals surface area contributed by atoms with Crippen LogP contribution in [0.4, 0.5) is 11.5 Å². The lowest BCUT2D eigenvalue weighted by Gasteiger charge is -2.12. The standard InChI is InChI=1S/C20H17N7O2/c1-28-17-6-4-13(10-18(17)29-2)22-19-20-21-7-8-27(20)11-16(23-19)12-3-5-14-15(9-12)25-26-24-14/h3-11H,1-2H3,(H,22,23)(H,24,25,26). The van der Waals surface area contributed by atoms with E-state index in [0.717, 1.165) is 28.0 Å². The number of rotatable bonds is 5. The van der Waals surface area contributed by atoms with E-state index in [9.17, 15) is 0 Å². The first-order valence-electron chi connectivity index (χ1n) is 8.89. The number of aromatic nitrogens is 6. The van der Waals surface area contributed by atoms with Gasteiger partial charge in [0.1, 0.15) is 5.52 Å². The summed E-state index contributed by atoms with van der Waals surface area (Å²) in [5, 5.41) is 14.1. The van der Waals surface area contributed by atoms with Gasteiger partial charge in [-0.05, 0) is 24.3 Å². The van der Waals surface area contributed by atoms with Crippen LogP contribution < -0.4 is 14.8 Å².